The molecule has 0 spiro atoms. The van der Waals surface area contributed by atoms with Crippen LogP contribution in [-0.2, 0) is 0 Å². The molecule has 0 aliphatic rings. The molecule has 1 atom stereocenters. The molecule has 1 amide bonds. The summed E-state index contributed by atoms with van der Waals surface area (Å²) in [6, 6.07) is 15.5. The monoisotopic (exact) mass is 238 g/mol. The highest BCUT2D eigenvalue weighted by atomic mass is 16.1. The van der Waals surface area contributed by atoms with Gasteiger partial charge in [0.2, 0.25) is 0 Å². The summed E-state index contributed by atoms with van der Waals surface area (Å²) < 4.78 is 0. The lowest BCUT2D eigenvalue weighted by Crippen LogP contribution is -2.27. The van der Waals surface area contributed by atoms with Crippen LogP contribution in [0.5, 0.6) is 0 Å². The summed E-state index contributed by atoms with van der Waals surface area (Å²) >= 11 is 0. The molecule has 0 radical (unpaired) electrons. The molecule has 0 aromatic heterocycles. The Morgan fingerprint density at radius 2 is 2.00 bits per heavy atom. The van der Waals surface area contributed by atoms with Gasteiger partial charge in [0, 0.05) is 12.1 Å². The third-order valence-corrected chi connectivity index (χ3v) is 2.82. The quantitative estimate of drug-likeness (QED) is 0.893. The number of rotatable bonds is 3. The second kappa shape index (κ2) is 5.33. The van der Waals surface area contributed by atoms with Crippen LogP contribution in [0.3, 0.4) is 0 Å². The third kappa shape index (κ3) is 2.49. The number of hydrogen-bond donors (Lipinski definition) is 1. The highest BCUT2D eigenvalue weighted by molar-refractivity contribution is 6.06. The molecule has 18 heavy (non-hydrogen) atoms. The summed E-state index contributed by atoms with van der Waals surface area (Å²) in [7, 11) is 0. The van der Waals surface area contributed by atoms with Gasteiger partial charge >= 0.3 is 0 Å². The Balaban J connectivity index is 2.26. The standard InChI is InChI=1S/C15H14N2O/c1-11(9-16)10-17-15(18)14-8-4-6-12-5-2-3-7-13(12)14/h2-8,11H,10H2,1H3,(H,17,18). The number of amides is 1. The van der Waals surface area contributed by atoms with Gasteiger partial charge in [-0.25, -0.2) is 0 Å². The van der Waals surface area contributed by atoms with Crippen LogP contribution < -0.4 is 5.32 Å². The van der Waals surface area contributed by atoms with Crippen LogP contribution in [0.1, 0.15) is 17.3 Å². The molecular weight excluding hydrogens is 224 g/mol. The second-order valence-electron chi connectivity index (χ2n) is 4.27. The molecule has 0 fully saturated rings. The molecule has 0 bridgehead atoms. The second-order valence-corrected chi connectivity index (χ2v) is 4.27. The van der Waals surface area contributed by atoms with Gasteiger partial charge in [-0.05, 0) is 23.8 Å². The zero-order valence-electron chi connectivity index (χ0n) is 10.2. The van der Waals surface area contributed by atoms with Crippen molar-refractivity contribution in [2.45, 2.75) is 6.92 Å². The van der Waals surface area contributed by atoms with Gasteiger partial charge in [-0.2, -0.15) is 5.26 Å². The first-order chi connectivity index (χ1) is 8.72. The van der Waals surface area contributed by atoms with Gasteiger partial charge in [0.25, 0.3) is 5.91 Å². The van der Waals surface area contributed by atoms with Crippen LogP contribution in [0.25, 0.3) is 10.8 Å². The predicted molar refractivity (Wildman–Crippen MR) is 71.1 cm³/mol. The zero-order valence-corrected chi connectivity index (χ0v) is 10.2. The van der Waals surface area contributed by atoms with Gasteiger partial charge in [-0.3, -0.25) is 4.79 Å². The first kappa shape index (κ1) is 12.1. The summed E-state index contributed by atoms with van der Waals surface area (Å²) in [6.45, 7) is 2.15. The minimum absolute atomic E-state index is 0.131. The van der Waals surface area contributed by atoms with Crippen molar-refractivity contribution >= 4 is 16.7 Å². The molecule has 0 heterocycles. The summed E-state index contributed by atoms with van der Waals surface area (Å²) in [4.78, 5) is 12.1. The van der Waals surface area contributed by atoms with E-state index in [4.69, 9.17) is 5.26 Å². The van der Waals surface area contributed by atoms with E-state index in [9.17, 15) is 4.79 Å². The van der Waals surface area contributed by atoms with Crippen molar-refractivity contribution in [1.82, 2.24) is 5.32 Å². The number of fused-ring (bicyclic) bond motifs is 1. The molecule has 0 aliphatic carbocycles. The van der Waals surface area contributed by atoms with Gasteiger partial charge in [-0.15, -0.1) is 0 Å². The number of carbonyl (C=O) groups is 1. The molecule has 0 saturated heterocycles. The first-order valence-electron chi connectivity index (χ1n) is 5.88. The minimum atomic E-state index is -0.177. The number of carbonyl (C=O) groups excluding carboxylic acids is 1. The molecule has 2 rings (SSSR count). The SMILES string of the molecule is CC(C#N)CNC(=O)c1cccc2ccccc12. The van der Waals surface area contributed by atoms with Crippen molar-refractivity contribution in [3.8, 4) is 6.07 Å². The largest absolute Gasteiger partial charge is 0.351 e. The molecule has 3 nitrogen and oxygen atoms in total. The Bertz CT molecular complexity index is 608. The summed E-state index contributed by atoms with van der Waals surface area (Å²) in [6.07, 6.45) is 0. The lowest BCUT2D eigenvalue weighted by Gasteiger charge is -2.08. The van der Waals surface area contributed by atoms with E-state index in [1.807, 2.05) is 36.4 Å². The molecule has 2 aromatic carbocycles. The fourth-order valence-electron chi connectivity index (χ4n) is 1.81. The third-order valence-electron chi connectivity index (χ3n) is 2.82. The van der Waals surface area contributed by atoms with Crippen LogP contribution in [-0.4, -0.2) is 12.5 Å². The van der Waals surface area contributed by atoms with Crippen molar-refractivity contribution in [2.24, 2.45) is 5.92 Å². The summed E-state index contributed by atoms with van der Waals surface area (Å²) in [5.74, 6) is -0.308. The number of nitriles is 1. The average molecular weight is 238 g/mol. The van der Waals surface area contributed by atoms with Gasteiger partial charge in [0.05, 0.1) is 12.0 Å². The molecule has 2 aromatic rings. The molecule has 1 unspecified atom stereocenters. The van der Waals surface area contributed by atoms with Crippen LogP contribution >= 0.6 is 0 Å². The summed E-state index contributed by atoms with van der Waals surface area (Å²) in [5.41, 5.74) is 0.651. The topological polar surface area (TPSA) is 52.9 Å². The van der Waals surface area contributed by atoms with Gasteiger partial charge in [0.15, 0.2) is 0 Å². The molecule has 90 valence electrons. The number of hydrogen-bond acceptors (Lipinski definition) is 2. The Hall–Kier alpha value is -2.34. The maximum Gasteiger partial charge on any atom is 0.251 e. The molecule has 1 N–H and O–H groups in total. The minimum Gasteiger partial charge on any atom is -0.351 e. The Morgan fingerprint density at radius 1 is 1.28 bits per heavy atom. The number of nitrogens with zero attached hydrogens (tertiary/aromatic N) is 1. The Morgan fingerprint density at radius 3 is 2.78 bits per heavy atom. The maximum atomic E-state index is 12.1. The number of benzene rings is 2. The van der Waals surface area contributed by atoms with Crippen molar-refractivity contribution in [2.75, 3.05) is 6.54 Å². The zero-order chi connectivity index (χ0) is 13.0. The van der Waals surface area contributed by atoms with Gasteiger partial charge < -0.3 is 5.32 Å². The molecular formula is C15H14N2O. The van der Waals surface area contributed by atoms with Gasteiger partial charge in [-0.1, -0.05) is 36.4 Å². The van der Waals surface area contributed by atoms with E-state index >= 15 is 0 Å². The first-order valence-corrected chi connectivity index (χ1v) is 5.88. The van der Waals surface area contributed by atoms with Crippen molar-refractivity contribution in [3.63, 3.8) is 0 Å². The van der Waals surface area contributed by atoms with E-state index in [2.05, 4.69) is 11.4 Å². The van der Waals surface area contributed by atoms with Gasteiger partial charge in [0.1, 0.15) is 0 Å². The fourth-order valence-corrected chi connectivity index (χ4v) is 1.81. The molecule has 0 aliphatic heterocycles. The lowest BCUT2D eigenvalue weighted by atomic mass is 10.0. The van der Waals surface area contributed by atoms with Crippen LogP contribution in [0.2, 0.25) is 0 Å². The molecule has 0 saturated carbocycles. The Kier molecular flexibility index (Phi) is 3.59. The maximum absolute atomic E-state index is 12.1. The highest BCUT2D eigenvalue weighted by Crippen LogP contribution is 2.18. The smallest absolute Gasteiger partial charge is 0.251 e. The van der Waals surface area contributed by atoms with E-state index in [1.54, 1.807) is 13.0 Å². The van der Waals surface area contributed by atoms with Crippen LogP contribution in [0.4, 0.5) is 0 Å². The van der Waals surface area contributed by atoms with Crippen molar-refractivity contribution < 1.29 is 4.79 Å². The van der Waals surface area contributed by atoms with Crippen molar-refractivity contribution in [3.05, 3.63) is 48.0 Å². The van der Waals surface area contributed by atoms with Crippen LogP contribution in [0, 0.1) is 17.2 Å². The van der Waals surface area contributed by atoms with E-state index in [1.165, 1.54) is 0 Å². The van der Waals surface area contributed by atoms with E-state index in [0.29, 0.717) is 12.1 Å². The normalized spacial score (nSPS) is 11.8. The highest BCUT2D eigenvalue weighted by Gasteiger charge is 2.10. The van der Waals surface area contributed by atoms with E-state index in [-0.39, 0.29) is 11.8 Å². The van der Waals surface area contributed by atoms with E-state index < -0.39 is 0 Å². The van der Waals surface area contributed by atoms with Crippen molar-refractivity contribution in [1.29, 1.82) is 5.26 Å². The fraction of sp³-hybridized carbons (Fsp3) is 0.200. The summed E-state index contributed by atoms with van der Waals surface area (Å²) in [5, 5.41) is 13.4. The Labute approximate surface area is 106 Å². The number of nitrogens with one attached hydrogen (secondary N) is 1. The van der Waals surface area contributed by atoms with Crippen LogP contribution in [0.15, 0.2) is 42.5 Å². The van der Waals surface area contributed by atoms with E-state index in [0.717, 1.165) is 10.8 Å². The predicted octanol–water partition coefficient (Wildman–Crippen LogP) is 2.73. The average Bonchev–Trinajstić information content (AvgIpc) is 2.43. The molecule has 3 heteroatoms. The lowest BCUT2D eigenvalue weighted by molar-refractivity contribution is 0.0952.